The van der Waals surface area contributed by atoms with Crippen LogP contribution in [0.15, 0.2) is 18.6 Å². The topological polar surface area (TPSA) is 76.4 Å². The van der Waals surface area contributed by atoms with Crippen LogP contribution in [0.5, 0.6) is 0 Å². The van der Waals surface area contributed by atoms with Gasteiger partial charge in [0.1, 0.15) is 17.9 Å². The molecule has 116 valence electrons. The molecule has 3 heterocycles. The smallest absolute Gasteiger partial charge is 0.244 e. The Labute approximate surface area is 130 Å². The SMILES string of the molecule is CN1CCN(CC#N)C(=O)C12CCN(c1cnccn1)CC2. The number of nitriles is 1. The van der Waals surface area contributed by atoms with Gasteiger partial charge in [0, 0.05) is 38.6 Å². The highest BCUT2D eigenvalue weighted by Gasteiger charge is 2.49. The Morgan fingerprint density at radius 2 is 2.05 bits per heavy atom. The van der Waals surface area contributed by atoms with Gasteiger partial charge in [0.15, 0.2) is 0 Å². The van der Waals surface area contributed by atoms with Gasteiger partial charge >= 0.3 is 0 Å². The van der Waals surface area contributed by atoms with E-state index in [1.807, 2.05) is 7.05 Å². The fourth-order valence-corrected chi connectivity index (χ4v) is 3.44. The molecule has 0 bridgehead atoms. The molecule has 1 spiro atoms. The summed E-state index contributed by atoms with van der Waals surface area (Å²) in [6, 6.07) is 2.10. The first-order valence-electron chi connectivity index (χ1n) is 7.56. The zero-order valence-electron chi connectivity index (χ0n) is 12.8. The number of amides is 1. The van der Waals surface area contributed by atoms with Crippen LogP contribution in [-0.2, 0) is 4.79 Å². The average molecular weight is 300 g/mol. The van der Waals surface area contributed by atoms with Crippen molar-refractivity contribution in [1.82, 2.24) is 19.8 Å². The van der Waals surface area contributed by atoms with Crippen LogP contribution in [0.25, 0.3) is 0 Å². The molecule has 7 heteroatoms. The molecule has 2 aliphatic heterocycles. The number of carbonyl (C=O) groups excluding carboxylic acids is 1. The molecular formula is C15H20N6O. The second kappa shape index (κ2) is 5.89. The number of piperidine rings is 1. The molecular weight excluding hydrogens is 280 g/mol. The Morgan fingerprint density at radius 3 is 2.68 bits per heavy atom. The van der Waals surface area contributed by atoms with E-state index in [0.29, 0.717) is 6.54 Å². The number of aromatic nitrogens is 2. The molecule has 3 rings (SSSR count). The molecule has 2 saturated heterocycles. The molecule has 22 heavy (non-hydrogen) atoms. The normalized spacial score (nSPS) is 21.9. The first-order chi connectivity index (χ1) is 10.7. The van der Waals surface area contributed by atoms with E-state index in [0.717, 1.165) is 38.3 Å². The maximum Gasteiger partial charge on any atom is 0.244 e. The van der Waals surface area contributed by atoms with Crippen molar-refractivity contribution in [3.05, 3.63) is 18.6 Å². The molecule has 0 aliphatic carbocycles. The number of carbonyl (C=O) groups is 1. The third kappa shape index (κ3) is 2.40. The van der Waals surface area contributed by atoms with Gasteiger partial charge in [0.25, 0.3) is 0 Å². The fourth-order valence-electron chi connectivity index (χ4n) is 3.44. The lowest BCUT2D eigenvalue weighted by atomic mass is 9.83. The first-order valence-corrected chi connectivity index (χ1v) is 7.56. The summed E-state index contributed by atoms with van der Waals surface area (Å²) >= 11 is 0. The van der Waals surface area contributed by atoms with Crippen molar-refractivity contribution >= 4 is 11.7 Å². The van der Waals surface area contributed by atoms with Crippen LogP contribution in [0.3, 0.4) is 0 Å². The van der Waals surface area contributed by atoms with Crippen LogP contribution in [0.2, 0.25) is 0 Å². The number of likely N-dealkylation sites (N-methyl/N-ethyl adjacent to an activating group) is 1. The Morgan fingerprint density at radius 1 is 1.27 bits per heavy atom. The number of piperazine rings is 1. The number of hydrogen-bond acceptors (Lipinski definition) is 6. The van der Waals surface area contributed by atoms with Gasteiger partial charge in [-0.2, -0.15) is 5.26 Å². The Bertz CT molecular complexity index is 575. The molecule has 1 aromatic heterocycles. The summed E-state index contributed by atoms with van der Waals surface area (Å²) in [7, 11) is 2.01. The minimum absolute atomic E-state index is 0.0987. The highest BCUT2D eigenvalue weighted by Crippen LogP contribution is 2.33. The molecule has 0 aromatic carbocycles. The van der Waals surface area contributed by atoms with Crippen molar-refractivity contribution in [3.63, 3.8) is 0 Å². The predicted molar refractivity (Wildman–Crippen MR) is 81.0 cm³/mol. The van der Waals surface area contributed by atoms with E-state index in [1.165, 1.54) is 0 Å². The maximum atomic E-state index is 12.8. The third-order valence-corrected chi connectivity index (χ3v) is 4.85. The van der Waals surface area contributed by atoms with E-state index in [1.54, 1.807) is 23.5 Å². The minimum atomic E-state index is -0.464. The lowest BCUT2D eigenvalue weighted by molar-refractivity contribution is -0.151. The number of anilines is 1. The largest absolute Gasteiger partial charge is 0.355 e. The Kier molecular flexibility index (Phi) is 3.94. The number of hydrogen-bond donors (Lipinski definition) is 0. The molecule has 1 amide bonds. The van der Waals surface area contributed by atoms with Gasteiger partial charge in [-0.3, -0.25) is 14.7 Å². The average Bonchev–Trinajstić information content (AvgIpc) is 2.57. The van der Waals surface area contributed by atoms with Gasteiger partial charge in [-0.1, -0.05) is 0 Å². The molecule has 0 saturated carbocycles. The predicted octanol–water partition coefficient (Wildman–Crippen LogP) is 0.113. The van der Waals surface area contributed by atoms with Crippen molar-refractivity contribution < 1.29 is 4.79 Å². The summed E-state index contributed by atoms with van der Waals surface area (Å²) in [6.07, 6.45) is 6.60. The van der Waals surface area contributed by atoms with Gasteiger partial charge in [-0.05, 0) is 19.9 Å². The fraction of sp³-hybridized carbons (Fsp3) is 0.600. The summed E-state index contributed by atoms with van der Waals surface area (Å²) in [5.74, 6) is 0.957. The highest BCUT2D eigenvalue weighted by molar-refractivity contribution is 5.87. The standard InChI is InChI=1S/C15H20N6O/c1-19-10-11-21(9-4-16)14(22)15(19)2-7-20(8-3-15)13-12-17-5-6-18-13/h5-6,12H,2-3,7-11H2,1H3. The Balaban J connectivity index is 1.75. The third-order valence-electron chi connectivity index (χ3n) is 4.85. The lowest BCUT2D eigenvalue weighted by Crippen LogP contribution is -2.67. The van der Waals surface area contributed by atoms with Gasteiger partial charge < -0.3 is 9.80 Å². The quantitative estimate of drug-likeness (QED) is 0.722. The molecule has 2 aliphatic rings. The van der Waals surface area contributed by atoms with Crippen LogP contribution >= 0.6 is 0 Å². The van der Waals surface area contributed by atoms with Gasteiger partial charge in [0.05, 0.1) is 12.3 Å². The lowest BCUT2D eigenvalue weighted by Gasteiger charge is -2.51. The second-order valence-electron chi connectivity index (χ2n) is 5.89. The van der Waals surface area contributed by atoms with Crippen molar-refractivity contribution in [2.45, 2.75) is 18.4 Å². The minimum Gasteiger partial charge on any atom is -0.355 e. The van der Waals surface area contributed by atoms with E-state index < -0.39 is 5.54 Å². The molecule has 2 fully saturated rings. The summed E-state index contributed by atoms with van der Waals surface area (Å²) < 4.78 is 0. The molecule has 1 aromatic rings. The van der Waals surface area contributed by atoms with E-state index in [2.05, 4.69) is 25.8 Å². The maximum absolute atomic E-state index is 12.8. The second-order valence-corrected chi connectivity index (χ2v) is 5.89. The summed E-state index contributed by atoms with van der Waals surface area (Å²) in [5.41, 5.74) is -0.464. The van der Waals surface area contributed by atoms with Crippen molar-refractivity contribution in [2.24, 2.45) is 0 Å². The zero-order chi connectivity index (χ0) is 15.6. The summed E-state index contributed by atoms with van der Waals surface area (Å²) in [6.45, 7) is 3.18. The molecule has 0 N–H and O–H groups in total. The summed E-state index contributed by atoms with van der Waals surface area (Å²) in [5, 5.41) is 8.90. The van der Waals surface area contributed by atoms with Crippen LogP contribution in [-0.4, -0.2) is 71.0 Å². The molecule has 7 nitrogen and oxygen atoms in total. The molecule has 0 radical (unpaired) electrons. The number of nitrogens with zero attached hydrogens (tertiary/aromatic N) is 6. The van der Waals surface area contributed by atoms with E-state index >= 15 is 0 Å². The van der Waals surface area contributed by atoms with Gasteiger partial charge in [0.2, 0.25) is 5.91 Å². The van der Waals surface area contributed by atoms with E-state index in [9.17, 15) is 4.79 Å². The van der Waals surface area contributed by atoms with Crippen molar-refractivity contribution in [2.75, 3.05) is 44.7 Å². The zero-order valence-corrected chi connectivity index (χ0v) is 12.8. The molecule has 0 unspecified atom stereocenters. The monoisotopic (exact) mass is 300 g/mol. The van der Waals surface area contributed by atoms with Gasteiger partial charge in [-0.15, -0.1) is 0 Å². The summed E-state index contributed by atoms with van der Waals surface area (Å²) in [4.78, 5) is 27.3. The van der Waals surface area contributed by atoms with Crippen LogP contribution in [0.1, 0.15) is 12.8 Å². The van der Waals surface area contributed by atoms with Crippen LogP contribution in [0, 0.1) is 11.3 Å². The number of rotatable bonds is 2. The van der Waals surface area contributed by atoms with Crippen LogP contribution in [0.4, 0.5) is 5.82 Å². The van der Waals surface area contributed by atoms with Crippen LogP contribution < -0.4 is 4.90 Å². The molecule has 0 atom stereocenters. The van der Waals surface area contributed by atoms with Crippen molar-refractivity contribution in [3.8, 4) is 6.07 Å². The first kappa shape index (κ1) is 14.7. The van der Waals surface area contributed by atoms with Gasteiger partial charge in [-0.25, -0.2) is 4.98 Å². The van der Waals surface area contributed by atoms with E-state index in [-0.39, 0.29) is 12.5 Å². The van der Waals surface area contributed by atoms with Crippen molar-refractivity contribution in [1.29, 1.82) is 5.26 Å². The Hall–Kier alpha value is -2.20. The van der Waals surface area contributed by atoms with E-state index in [4.69, 9.17) is 5.26 Å². The highest BCUT2D eigenvalue weighted by atomic mass is 16.2.